The van der Waals surface area contributed by atoms with E-state index >= 15 is 0 Å². The molecule has 41 heavy (non-hydrogen) atoms. The molecule has 0 aliphatic heterocycles. The van der Waals surface area contributed by atoms with Crippen LogP contribution in [0.3, 0.4) is 0 Å². The van der Waals surface area contributed by atoms with Crippen LogP contribution in [0.2, 0.25) is 0 Å². The Morgan fingerprint density at radius 3 is 2.00 bits per heavy atom. The molecule has 0 N–H and O–H groups in total. The molecule has 10 heteroatoms. The van der Waals surface area contributed by atoms with Crippen molar-refractivity contribution in [1.82, 2.24) is 19.6 Å². The van der Waals surface area contributed by atoms with Gasteiger partial charge in [0.25, 0.3) is 0 Å². The third-order valence-corrected chi connectivity index (χ3v) is 6.71. The number of furan rings is 1. The molecule has 0 fully saturated rings. The normalized spacial score (nSPS) is 11.7. The van der Waals surface area contributed by atoms with Crippen molar-refractivity contribution in [2.24, 2.45) is 5.16 Å². The molecule has 6 rings (SSSR count). The summed E-state index contributed by atoms with van der Waals surface area (Å²) in [5, 5.41) is 9.56. The van der Waals surface area contributed by atoms with Crippen LogP contribution in [0.1, 0.15) is 18.3 Å². The fourth-order valence-electron chi connectivity index (χ4n) is 4.55. The number of aromatic nitrogens is 4. The molecule has 0 amide bonds. The molecule has 3 aromatic heterocycles. The van der Waals surface area contributed by atoms with Gasteiger partial charge in [-0.25, -0.2) is 14.5 Å². The first-order chi connectivity index (χ1) is 20.1. The first-order valence-electron chi connectivity index (χ1n) is 12.8. The van der Waals surface area contributed by atoms with Crippen molar-refractivity contribution < 1.29 is 23.5 Å². The monoisotopic (exact) mass is 549 g/mol. The second-order valence-corrected chi connectivity index (χ2v) is 9.16. The van der Waals surface area contributed by atoms with Crippen LogP contribution in [-0.4, -0.2) is 46.6 Å². The van der Waals surface area contributed by atoms with Crippen LogP contribution in [0.5, 0.6) is 17.2 Å². The van der Waals surface area contributed by atoms with Gasteiger partial charge in [-0.3, -0.25) is 0 Å². The van der Waals surface area contributed by atoms with Gasteiger partial charge in [0.2, 0.25) is 5.71 Å². The molecule has 0 radical (unpaired) electrons. The molecule has 0 aliphatic carbocycles. The van der Waals surface area contributed by atoms with Crippen molar-refractivity contribution >= 4 is 22.5 Å². The minimum atomic E-state index is 0.0811. The van der Waals surface area contributed by atoms with Crippen LogP contribution in [0.4, 0.5) is 0 Å². The number of fused-ring (bicyclic) bond motifs is 3. The average molecular weight is 550 g/mol. The van der Waals surface area contributed by atoms with Crippen molar-refractivity contribution in [3.05, 3.63) is 90.5 Å². The molecular formula is C31H27N5O5. The molecule has 0 unspecified atom stereocenters. The number of oxime groups is 1. The second kappa shape index (κ2) is 11.0. The summed E-state index contributed by atoms with van der Waals surface area (Å²) < 4.78 is 23.9. The molecule has 0 atom stereocenters. The van der Waals surface area contributed by atoms with Crippen LogP contribution in [0, 0.1) is 0 Å². The largest absolute Gasteiger partial charge is 0.497 e. The van der Waals surface area contributed by atoms with Crippen LogP contribution in [-0.2, 0) is 11.4 Å². The van der Waals surface area contributed by atoms with E-state index in [0.29, 0.717) is 22.9 Å². The number of methoxy groups -OCH3 is 3. The predicted octanol–water partition coefficient (Wildman–Crippen LogP) is 6.17. The molecule has 3 aromatic carbocycles. The Kier molecular flexibility index (Phi) is 6.95. The lowest BCUT2D eigenvalue weighted by Crippen LogP contribution is -1.98. The second-order valence-electron chi connectivity index (χ2n) is 9.16. The summed E-state index contributed by atoms with van der Waals surface area (Å²) in [4.78, 5) is 15.0. The minimum Gasteiger partial charge on any atom is -0.497 e. The van der Waals surface area contributed by atoms with Crippen molar-refractivity contribution in [2.75, 3.05) is 21.3 Å². The van der Waals surface area contributed by atoms with Crippen molar-refractivity contribution in [2.45, 2.75) is 13.5 Å². The van der Waals surface area contributed by atoms with Gasteiger partial charge in [0.05, 0.1) is 32.4 Å². The number of hydrogen-bond acceptors (Lipinski definition) is 9. The fourth-order valence-corrected chi connectivity index (χ4v) is 4.55. The summed E-state index contributed by atoms with van der Waals surface area (Å²) in [5.74, 6) is 3.40. The van der Waals surface area contributed by atoms with E-state index in [4.69, 9.17) is 28.4 Å². The maximum absolute atomic E-state index is 6.34. The molecule has 206 valence electrons. The molecule has 0 aliphatic rings. The minimum absolute atomic E-state index is 0.0811. The zero-order chi connectivity index (χ0) is 28.3. The SMILES string of the molecule is COc1ccc(/C(C)=N\OCc2nc3c4c(-c5ccc(OC)cc5)c(-c5ccc(OC)cc5)oc4ncn3n2)cc1. The Morgan fingerprint density at radius 2 is 1.39 bits per heavy atom. The fraction of sp³-hybridized carbons (Fsp3) is 0.161. The average Bonchev–Trinajstić information content (AvgIpc) is 3.62. The quantitative estimate of drug-likeness (QED) is 0.156. The van der Waals surface area contributed by atoms with Gasteiger partial charge in [-0.1, -0.05) is 17.3 Å². The zero-order valence-corrected chi connectivity index (χ0v) is 23.0. The highest BCUT2D eigenvalue weighted by molar-refractivity contribution is 6.07. The smallest absolute Gasteiger partial charge is 0.232 e. The standard InChI is InChI=1S/C31H27N5O5/c1-19(20-5-11-23(37-2)12-6-20)35-40-17-26-33-30-28-27(21-7-13-24(38-3)14-8-21)29(22-9-15-25(39-4)16-10-22)41-31(28)32-18-36(30)34-26/h5-16,18H,17H2,1-4H3/b35-19-. The Balaban J connectivity index is 1.39. The van der Waals surface area contributed by atoms with E-state index in [0.717, 1.165) is 50.6 Å². The summed E-state index contributed by atoms with van der Waals surface area (Å²) in [5.41, 5.74) is 5.33. The van der Waals surface area contributed by atoms with Gasteiger partial charge in [0.15, 0.2) is 18.1 Å². The molecular weight excluding hydrogens is 522 g/mol. The van der Waals surface area contributed by atoms with Crippen LogP contribution >= 0.6 is 0 Å². The highest BCUT2D eigenvalue weighted by atomic mass is 16.6. The molecule has 0 saturated heterocycles. The third kappa shape index (κ3) is 5.03. The molecule has 10 nitrogen and oxygen atoms in total. The van der Waals surface area contributed by atoms with Gasteiger partial charge >= 0.3 is 0 Å². The summed E-state index contributed by atoms with van der Waals surface area (Å²) in [7, 11) is 4.91. The van der Waals surface area contributed by atoms with Crippen LogP contribution < -0.4 is 14.2 Å². The number of ether oxygens (including phenoxy) is 3. The summed E-state index contributed by atoms with van der Waals surface area (Å²) >= 11 is 0. The van der Waals surface area contributed by atoms with E-state index in [1.165, 1.54) is 0 Å². The Bertz CT molecular complexity index is 1840. The Labute approximate surface area is 235 Å². The van der Waals surface area contributed by atoms with Crippen LogP contribution in [0.25, 0.3) is 39.2 Å². The lowest BCUT2D eigenvalue weighted by atomic mass is 9.99. The van der Waals surface area contributed by atoms with E-state index in [2.05, 4.69) is 15.2 Å². The van der Waals surface area contributed by atoms with Crippen LogP contribution in [0.15, 0.2) is 88.7 Å². The van der Waals surface area contributed by atoms with E-state index < -0.39 is 0 Å². The molecule has 0 bridgehead atoms. The predicted molar refractivity (Wildman–Crippen MR) is 155 cm³/mol. The van der Waals surface area contributed by atoms with Gasteiger partial charge < -0.3 is 23.5 Å². The Hall–Kier alpha value is -5.38. The van der Waals surface area contributed by atoms with Gasteiger partial charge in [-0.15, -0.1) is 5.10 Å². The van der Waals surface area contributed by atoms with E-state index in [9.17, 15) is 0 Å². The number of rotatable bonds is 9. The summed E-state index contributed by atoms with van der Waals surface area (Å²) in [6.45, 7) is 1.96. The highest BCUT2D eigenvalue weighted by Crippen LogP contribution is 2.42. The number of benzene rings is 3. The van der Waals surface area contributed by atoms with E-state index in [1.54, 1.807) is 32.2 Å². The maximum atomic E-state index is 6.34. The lowest BCUT2D eigenvalue weighted by Gasteiger charge is -2.06. The van der Waals surface area contributed by atoms with Crippen molar-refractivity contribution in [3.63, 3.8) is 0 Å². The third-order valence-electron chi connectivity index (χ3n) is 6.71. The molecule has 3 heterocycles. The number of nitrogens with zero attached hydrogens (tertiary/aromatic N) is 5. The maximum Gasteiger partial charge on any atom is 0.232 e. The first-order valence-corrected chi connectivity index (χ1v) is 12.8. The summed E-state index contributed by atoms with van der Waals surface area (Å²) in [6.07, 6.45) is 1.58. The number of hydrogen-bond donors (Lipinski definition) is 0. The lowest BCUT2D eigenvalue weighted by molar-refractivity contribution is 0.125. The molecule has 6 aromatic rings. The highest BCUT2D eigenvalue weighted by Gasteiger charge is 2.23. The zero-order valence-electron chi connectivity index (χ0n) is 23.0. The first kappa shape index (κ1) is 25.9. The van der Waals surface area contributed by atoms with Gasteiger partial charge in [-0.05, 0) is 78.7 Å². The summed E-state index contributed by atoms with van der Waals surface area (Å²) in [6, 6.07) is 23.1. The molecule has 0 saturated carbocycles. The topological polar surface area (TPSA) is 106 Å². The van der Waals surface area contributed by atoms with Crippen molar-refractivity contribution in [1.29, 1.82) is 0 Å². The van der Waals surface area contributed by atoms with Gasteiger partial charge in [0.1, 0.15) is 29.3 Å². The van der Waals surface area contributed by atoms with E-state index in [-0.39, 0.29) is 6.61 Å². The molecule has 0 spiro atoms. The van der Waals surface area contributed by atoms with Crippen molar-refractivity contribution in [3.8, 4) is 39.7 Å². The van der Waals surface area contributed by atoms with E-state index in [1.807, 2.05) is 79.7 Å². The Morgan fingerprint density at radius 1 is 0.805 bits per heavy atom. The van der Waals surface area contributed by atoms with Gasteiger partial charge in [0, 0.05) is 11.1 Å². The van der Waals surface area contributed by atoms with Gasteiger partial charge in [-0.2, -0.15) is 0 Å².